The zero-order chi connectivity index (χ0) is 19.7. The summed E-state index contributed by atoms with van der Waals surface area (Å²) < 4.78 is 2.64. The maximum Gasteiger partial charge on any atom is 0.337 e. The molecule has 0 fully saturated rings. The zero-order valence-electron chi connectivity index (χ0n) is 15.2. The fourth-order valence-corrected chi connectivity index (χ4v) is 3.25. The summed E-state index contributed by atoms with van der Waals surface area (Å²) in [4.78, 5) is 34.9. The normalized spacial score (nSPS) is 12.2. The van der Waals surface area contributed by atoms with E-state index in [0.29, 0.717) is 16.7 Å². The lowest BCUT2D eigenvalue weighted by Crippen LogP contribution is -2.41. The average Bonchev–Trinajstić information content (AvgIpc) is 2.75. The Morgan fingerprint density at radius 1 is 1.04 bits per heavy atom. The fraction of sp³-hybridized carbons (Fsp3) is 0.143. The maximum atomic E-state index is 13.4. The molecule has 0 amide bonds. The predicted octanol–water partition coefficient (Wildman–Crippen LogP) is 2.04. The number of benzene rings is 1. The number of hydrogen-bond acceptors (Lipinski definition) is 5. The van der Waals surface area contributed by atoms with Gasteiger partial charge in [0.05, 0.1) is 23.7 Å². The molecule has 1 aromatic carbocycles. The van der Waals surface area contributed by atoms with Crippen molar-refractivity contribution < 1.29 is 5.11 Å². The molecule has 1 N–H and O–H groups in total. The van der Waals surface area contributed by atoms with Gasteiger partial charge in [-0.3, -0.25) is 14.3 Å². The zero-order valence-corrected chi connectivity index (χ0v) is 15.2. The van der Waals surface area contributed by atoms with Gasteiger partial charge in [-0.25, -0.2) is 14.3 Å². The van der Waals surface area contributed by atoms with Gasteiger partial charge in [-0.05, 0) is 48.4 Å². The van der Waals surface area contributed by atoms with E-state index in [1.807, 2.05) is 6.07 Å². The van der Waals surface area contributed by atoms with Gasteiger partial charge >= 0.3 is 5.69 Å². The third kappa shape index (κ3) is 2.91. The molecule has 7 heteroatoms. The van der Waals surface area contributed by atoms with Gasteiger partial charge in [0.1, 0.15) is 0 Å². The number of aromatic nitrogens is 4. The molecule has 7 nitrogen and oxygen atoms in total. The molecular weight excluding hydrogens is 356 g/mol. The lowest BCUT2D eigenvalue weighted by molar-refractivity contribution is 0.282. The highest BCUT2D eigenvalue weighted by Gasteiger charge is 2.20. The number of pyridine rings is 2. The molecule has 3 aromatic heterocycles. The van der Waals surface area contributed by atoms with Gasteiger partial charge in [0.25, 0.3) is 5.56 Å². The van der Waals surface area contributed by atoms with Crippen molar-refractivity contribution in [2.24, 2.45) is 0 Å². The van der Waals surface area contributed by atoms with Crippen LogP contribution in [0.5, 0.6) is 0 Å². The molecule has 3 heterocycles. The van der Waals surface area contributed by atoms with Gasteiger partial charge in [0, 0.05) is 18.6 Å². The van der Waals surface area contributed by atoms with Crippen molar-refractivity contribution >= 4 is 11.0 Å². The van der Waals surface area contributed by atoms with Crippen LogP contribution in [0.3, 0.4) is 0 Å². The summed E-state index contributed by atoms with van der Waals surface area (Å²) in [7, 11) is 0. The van der Waals surface area contributed by atoms with E-state index in [2.05, 4.69) is 9.97 Å². The topological polar surface area (TPSA) is 90.0 Å². The van der Waals surface area contributed by atoms with Gasteiger partial charge in [0.15, 0.2) is 5.65 Å². The Morgan fingerprint density at radius 3 is 2.46 bits per heavy atom. The molecule has 4 rings (SSSR count). The molecule has 1 atom stereocenters. The highest BCUT2D eigenvalue weighted by molar-refractivity contribution is 5.75. The summed E-state index contributed by atoms with van der Waals surface area (Å²) in [5, 5.41) is 9.62. The summed E-state index contributed by atoms with van der Waals surface area (Å²) in [5.41, 5.74) is 1.47. The number of fused-ring (bicyclic) bond motifs is 1. The highest BCUT2D eigenvalue weighted by Crippen LogP contribution is 2.17. The first-order valence-corrected chi connectivity index (χ1v) is 8.84. The van der Waals surface area contributed by atoms with E-state index in [1.165, 1.54) is 9.13 Å². The third-order valence-corrected chi connectivity index (χ3v) is 4.78. The monoisotopic (exact) mass is 374 g/mol. The van der Waals surface area contributed by atoms with Crippen LogP contribution in [0.2, 0.25) is 0 Å². The first kappa shape index (κ1) is 17.8. The Morgan fingerprint density at radius 2 is 1.79 bits per heavy atom. The standard InChI is InChI=1S/C21H18N4O3/c1-14(16-4-2-10-22-12-16)24-20(27)18-5-3-11-23-19(18)25(21(24)28)17-8-6-15(13-26)7-9-17/h2-12,14,26H,13H2,1H3. The van der Waals surface area contributed by atoms with E-state index in [4.69, 9.17) is 0 Å². The molecular formula is C21H18N4O3. The van der Waals surface area contributed by atoms with Crippen molar-refractivity contribution in [3.8, 4) is 5.69 Å². The van der Waals surface area contributed by atoms with Crippen LogP contribution in [0.4, 0.5) is 0 Å². The molecule has 0 aliphatic rings. The molecule has 0 aliphatic heterocycles. The molecule has 0 spiro atoms. The predicted molar refractivity (Wildman–Crippen MR) is 106 cm³/mol. The van der Waals surface area contributed by atoms with E-state index in [-0.39, 0.29) is 6.61 Å². The summed E-state index contributed by atoms with van der Waals surface area (Å²) in [6.07, 6.45) is 4.84. The molecule has 140 valence electrons. The molecule has 0 saturated heterocycles. The van der Waals surface area contributed by atoms with Crippen LogP contribution in [0.25, 0.3) is 16.7 Å². The van der Waals surface area contributed by atoms with Crippen LogP contribution in [-0.2, 0) is 6.61 Å². The Labute approximate surface area is 160 Å². The third-order valence-electron chi connectivity index (χ3n) is 4.78. The Kier molecular flexibility index (Phi) is 4.58. The van der Waals surface area contributed by atoms with E-state index < -0.39 is 17.3 Å². The smallest absolute Gasteiger partial charge is 0.337 e. The van der Waals surface area contributed by atoms with Crippen molar-refractivity contribution in [1.29, 1.82) is 0 Å². The highest BCUT2D eigenvalue weighted by atomic mass is 16.3. The second kappa shape index (κ2) is 7.21. The Hall–Kier alpha value is -3.58. The average molecular weight is 374 g/mol. The van der Waals surface area contributed by atoms with Crippen LogP contribution in [0.1, 0.15) is 24.1 Å². The number of aliphatic hydroxyl groups is 1. The minimum absolute atomic E-state index is 0.0916. The maximum absolute atomic E-state index is 13.4. The lowest BCUT2D eigenvalue weighted by Gasteiger charge is -2.18. The van der Waals surface area contributed by atoms with E-state index >= 15 is 0 Å². The minimum Gasteiger partial charge on any atom is -0.392 e. The Bertz CT molecular complexity index is 1240. The second-order valence-electron chi connectivity index (χ2n) is 6.45. The van der Waals surface area contributed by atoms with Crippen LogP contribution >= 0.6 is 0 Å². The largest absolute Gasteiger partial charge is 0.392 e. The number of nitrogens with zero attached hydrogens (tertiary/aromatic N) is 4. The Balaban J connectivity index is 2.04. The van der Waals surface area contributed by atoms with Gasteiger partial charge in [-0.1, -0.05) is 18.2 Å². The van der Waals surface area contributed by atoms with Crippen molar-refractivity contribution in [2.45, 2.75) is 19.6 Å². The minimum atomic E-state index is -0.499. The second-order valence-corrected chi connectivity index (χ2v) is 6.45. The number of rotatable bonds is 4. The number of aliphatic hydroxyl groups excluding tert-OH is 1. The fourth-order valence-electron chi connectivity index (χ4n) is 3.25. The van der Waals surface area contributed by atoms with Crippen molar-refractivity contribution in [2.75, 3.05) is 0 Å². The van der Waals surface area contributed by atoms with Crippen molar-refractivity contribution in [3.63, 3.8) is 0 Å². The first-order chi connectivity index (χ1) is 13.6. The van der Waals surface area contributed by atoms with Gasteiger partial charge < -0.3 is 5.11 Å². The summed E-state index contributed by atoms with van der Waals surface area (Å²) in [5.74, 6) is 0. The summed E-state index contributed by atoms with van der Waals surface area (Å²) in [6, 6.07) is 13.4. The van der Waals surface area contributed by atoms with Crippen LogP contribution in [-0.4, -0.2) is 24.2 Å². The molecule has 0 radical (unpaired) electrons. The van der Waals surface area contributed by atoms with E-state index in [1.54, 1.807) is 68.0 Å². The van der Waals surface area contributed by atoms with Crippen molar-refractivity contribution in [3.05, 3.63) is 99.1 Å². The SMILES string of the molecule is CC(c1cccnc1)n1c(=O)c2cccnc2n(-c2ccc(CO)cc2)c1=O. The molecule has 0 aliphatic carbocycles. The molecule has 1 unspecified atom stereocenters. The van der Waals surface area contributed by atoms with Crippen LogP contribution in [0, 0.1) is 0 Å². The van der Waals surface area contributed by atoms with Crippen LogP contribution in [0.15, 0.2) is 76.7 Å². The lowest BCUT2D eigenvalue weighted by atomic mass is 10.1. The quantitative estimate of drug-likeness (QED) is 0.590. The van der Waals surface area contributed by atoms with E-state index in [0.717, 1.165) is 11.1 Å². The van der Waals surface area contributed by atoms with Crippen LogP contribution < -0.4 is 11.2 Å². The first-order valence-electron chi connectivity index (χ1n) is 8.84. The van der Waals surface area contributed by atoms with Crippen molar-refractivity contribution in [1.82, 2.24) is 19.1 Å². The molecule has 28 heavy (non-hydrogen) atoms. The van der Waals surface area contributed by atoms with Gasteiger partial charge in [-0.2, -0.15) is 0 Å². The summed E-state index contributed by atoms with van der Waals surface area (Å²) >= 11 is 0. The van der Waals surface area contributed by atoms with Gasteiger partial charge in [0.2, 0.25) is 0 Å². The molecule has 4 aromatic rings. The molecule has 0 saturated carbocycles. The molecule has 0 bridgehead atoms. The van der Waals surface area contributed by atoms with E-state index in [9.17, 15) is 14.7 Å². The van der Waals surface area contributed by atoms with Gasteiger partial charge in [-0.15, -0.1) is 0 Å². The summed E-state index contributed by atoms with van der Waals surface area (Å²) in [6.45, 7) is 1.70. The number of hydrogen-bond donors (Lipinski definition) is 1.